The van der Waals surface area contributed by atoms with E-state index in [1.54, 1.807) is 18.5 Å². The molecule has 2 aromatic rings. The van der Waals surface area contributed by atoms with Crippen molar-refractivity contribution >= 4 is 33.5 Å². The van der Waals surface area contributed by atoms with Crippen LogP contribution < -0.4 is 5.32 Å². The summed E-state index contributed by atoms with van der Waals surface area (Å²) in [4.78, 5) is 8.00. The van der Waals surface area contributed by atoms with Crippen LogP contribution in [-0.2, 0) is 0 Å². The zero-order valence-corrected chi connectivity index (χ0v) is 12.0. The Labute approximate surface area is 122 Å². The van der Waals surface area contributed by atoms with E-state index in [1.165, 1.54) is 12.1 Å². The number of aliphatic hydroxyl groups is 1. The van der Waals surface area contributed by atoms with Gasteiger partial charge in [0.1, 0.15) is 5.82 Å². The second kappa shape index (κ2) is 6.27. The number of halogens is 3. The molecule has 1 aromatic heterocycles. The molecule has 4 nitrogen and oxygen atoms in total. The van der Waals surface area contributed by atoms with Gasteiger partial charge in [0.05, 0.1) is 15.6 Å². The number of aromatic nitrogens is 2. The molecule has 19 heavy (non-hydrogen) atoms. The minimum absolute atomic E-state index is 0.0279. The summed E-state index contributed by atoms with van der Waals surface area (Å²) in [5.41, 5.74) is 0.437. The zero-order valence-electron chi connectivity index (χ0n) is 9.65. The van der Waals surface area contributed by atoms with Crippen LogP contribution in [0.1, 0.15) is 11.7 Å². The maximum absolute atomic E-state index is 13.3. The molecule has 1 unspecified atom stereocenters. The summed E-state index contributed by atoms with van der Waals surface area (Å²) in [6, 6.07) is 4.18. The van der Waals surface area contributed by atoms with E-state index in [1.807, 2.05) is 0 Å². The van der Waals surface area contributed by atoms with Crippen molar-refractivity contribution in [3.8, 4) is 0 Å². The highest BCUT2D eigenvalue weighted by atomic mass is 79.9. The topological polar surface area (TPSA) is 58.0 Å². The van der Waals surface area contributed by atoms with Crippen LogP contribution in [0.2, 0.25) is 5.02 Å². The summed E-state index contributed by atoms with van der Waals surface area (Å²) in [6.07, 6.45) is 2.30. The zero-order chi connectivity index (χ0) is 13.8. The number of nitrogens with one attached hydrogen (secondary N) is 1. The number of anilines is 1. The van der Waals surface area contributed by atoms with E-state index in [4.69, 9.17) is 11.6 Å². The third-order valence-electron chi connectivity index (χ3n) is 2.40. The fourth-order valence-corrected chi connectivity index (χ4v) is 1.75. The molecule has 0 spiro atoms. The van der Waals surface area contributed by atoms with E-state index in [2.05, 4.69) is 31.2 Å². The Morgan fingerprint density at radius 2 is 2.05 bits per heavy atom. The quantitative estimate of drug-likeness (QED) is 0.893. The Balaban J connectivity index is 1.98. The van der Waals surface area contributed by atoms with Gasteiger partial charge in [0.15, 0.2) is 0 Å². The number of benzene rings is 1. The van der Waals surface area contributed by atoms with Crippen molar-refractivity contribution in [3.05, 3.63) is 51.5 Å². The molecular weight excluding hydrogens is 337 g/mol. The van der Waals surface area contributed by atoms with Crippen molar-refractivity contribution in [2.45, 2.75) is 6.10 Å². The largest absolute Gasteiger partial charge is 0.387 e. The van der Waals surface area contributed by atoms with E-state index >= 15 is 0 Å². The van der Waals surface area contributed by atoms with Crippen LogP contribution in [0.25, 0.3) is 0 Å². The van der Waals surface area contributed by atoms with Crippen molar-refractivity contribution in [1.82, 2.24) is 9.97 Å². The van der Waals surface area contributed by atoms with Crippen LogP contribution in [0.3, 0.4) is 0 Å². The summed E-state index contributed by atoms with van der Waals surface area (Å²) in [6.45, 7) is 0.169. The van der Waals surface area contributed by atoms with Gasteiger partial charge in [0.25, 0.3) is 0 Å². The summed E-state index contributed by atoms with van der Waals surface area (Å²) in [5.74, 6) is -0.171. The highest BCUT2D eigenvalue weighted by Crippen LogP contribution is 2.20. The second-order valence-electron chi connectivity index (χ2n) is 3.80. The van der Waals surface area contributed by atoms with Crippen molar-refractivity contribution < 1.29 is 9.50 Å². The first kappa shape index (κ1) is 14.2. The predicted molar refractivity (Wildman–Crippen MR) is 74.6 cm³/mol. The van der Waals surface area contributed by atoms with Crippen molar-refractivity contribution in [1.29, 1.82) is 0 Å². The van der Waals surface area contributed by atoms with E-state index in [0.717, 1.165) is 4.47 Å². The van der Waals surface area contributed by atoms with Gasteiger partial charge in [-0.1, -0.05) is 17.7 Å². The average molecular weight is 347 g/mol. The normalized spacial score (nSPS) is 12.2. The van der Waals surface area contributed by atoms with Crippen molar-refractivity contribution in [2.24, 2.45) is 0 Å². The van der Waals surface area contributed by atoms with Crippen LogP contribution in [0.15, 0.2) is 35.1 Å². The maximum Gasteiger partial charge on any atom is 0.222 e. The third kappa shape index (κ3) is 3.86. The van der Waals surface area contributed by atoms with Gasteiger partial charge in [-0.2, -0.15) is 0 Å². The first-order valence-electron chi connectivity index (χ1n) is 5.40. The van der Waals surface area contributed by atoms with Crippen LogP contribution >= 0.6 is 27.5 Å². The standard InChI is InChI=1S/C12H10BrClFN3O/c13-8-4-16-12(17-5-8)18-6-11(19)7-1-2-9(14)10(15)3-7/h1-5,11,19H,6H2,(H,16,17,18). The number of aliphatic hydroxyl groups excluding tert-OH is 1. The van der Waals surface area contributed by atoms with Gasteiger partial charge >= 0.3 is 0 Å². The van der Waals surface area contributed by atoms with Crippen LogP contribution in [0, 0.1) is 5.82 Å². The number of hydrogen-bond donors (Lipinski definition) is 2. The lowest BCUT2D eigenvalue weighted by Crippen LogP contribution is -2.14. The average Bonchev–Trinajstić information content (AvgIpc) is 2.41. The molecular formula is C12H10BrClFN3O. The molecule has 1 aromatic carbocycles. The molecule has 0 bridgehead atoms. The smallest absolute Gasteiger partial charge is 0.222 e. The van der Waals surface area contributed by atoms with E-state index in [-0.39, 0.29) is 11.6 Å². The SMILES string of the molecule is OC(CNc1ncc(Br)cn1)c1ccc(Cl)c(F)c1. The number of hydrogen-bond acceptors (Lipinski definition) is 4. The first-order valence-corrected chi connectivity index (χ1v) is 6.58. The van der Waals surface area contributed by atoms with Crippen LogP contribution in [0.5, 0.6) is 0 Å². The molecule has 0 saturated heterocycles. The minimum Gasteiger partial charge on any atom is -0.387 e. The Hall–Kier alpha value is -1.24. The Morgan fingerprint density at radius 3 is 2.68 bits per heavy atom. The second-order valence-corrected chi connectivity index (χ2v) is 5.12. The fourth-order valence-electron chi connectivity index (χ4n) is 1.43. The monoisotopic (exact) mass is 345 g/mol. The molecule has 0 aliphatic heterocycles. The molecule has 100 valence electrons. The lowest BCUT2D eigenvalue weighted by molar-refractivity contribution is 0.191. The Bertz CT molecular complexity index is 567. The van der Waals surface area contributed by atoms with Gasteiger partial charge in [-0.25, -0.2) is 14.4 Å². The number of nitrogens with zero attached hydrogens (tertiary/aromatic N) is 2. The van der Waals surface area contributed by atoms with Gasteiger partial charge in [0.2, 0.25) is 5.95 Å². The van der Waals surface area contributed by atoms with Gasteiger partial charge in [-0.3, -0.25) is 0 Å². The van der Waals surface area contributed by atoms with Crippen LogP contribution in [-0.4, -0.2) is 21.6 Å². The molecule has 7 heteroatoms. The van der Waals surface area contributed by atoms with E-state index in [9.17, 15) is 9.50 Å². The maximum atomic E-state index is 13.3. The van der Waals surface area contributed by atoms with Gasteiger partial charge in [-0.05, 0) is 33.6 Å². The fraction of sp³-hybridized carbons (Fsp3) is 0.167. The molecule has 0 fully saturated rings. The van der Waals surface area contributed by atoms with Crippen LogP contribution in [0.4, 0.5) is 10.3 Å². The molecule has 0 aliphatic rings. The van der Waals surface area contributed by atoms with Gasteiger partial charge in [0, 0.05) is 18.9 Å². The van der Waals surface area contributed by atoms with Gasteiger partial charge < -0.3 is 10.4 Å². The summed E-state index contributed by atoms with van der Waals surface area (Å²) < 4.78 is 14.0. The highest BCUT2D eigenvalue weighted by Gasteiger charge is 2.10. The summed E-state index contributed by atoms with van der Waals surface area (Å²) in [7, 11) is 0. The number of rotatable bonds is 4. The molecule has 1 heterocycles. The first-order chi connectivity index (χ1) is 9.06. The highest BCUT2D eigenvalue weighted by molar-refractivity contribution is 9.10. The lowest BCUT2D eigenvalue weighted by atomic mass is 10.1. The molecule has 0 radical (unpaired) electrons. The van der Waals surface area contributed by atoms with Crippen molar-refractivity contribution in [2.75, 3.05) is 11.9 Å². The molecule has 0 aliphatic carbocycles. The molecule has 1 atom stereocenters. The Morgan fingerprint density at radius 1 is 1.37 bits per heavy atom. The molecule has 0 saturated carbocycles. The molecule has 2 N–H and O–H groups in total. The van der Waals surface area contributed by atoms with E-state index in [0.29, 0.717) is 11.5 Å². The van der Waals surface area contributed by atoms with E-state index < -0.39 is 11.9 Å². The summed E-state index contributed by atoms with van der Waals surface area (Å²) in [5, 5.41) is 12.8. The minimum atomic E-state index is -0.876. The summed E-state index contributed by atoms with van der Waals surface area (Å²) >= 11 is 8.80. The molecule has 2 rings (SSSR count). The van der Waals surface area contributed by atoms with Gasteiger partial charge in [-0.15, -0.1) is 0 Å². The predicted octanol–water partition coefficient (Wildman–Crippen LogP) is 3.18. The molecule has 0 amide bonds. The van der Waals surface area contributed by atoms with Crippen molar-refractivity contribution in [3.63, 3.8) is 0 Å². The Kier molecular flexibility index (Phi) is 4.68. The third-order valence-corrected chi connectivity index (χ3v) is 3.12. The lowest BCUT2D eigenvalue weighted by Gasteiger charge is -2.12.